The summed E-state index contributed by atoms with van der Waals surface area (Å²) in [5.41, 5.74) is 11.0. The molecule has 0 radical (unpaired) electrons. The van der Waals surface area contributed by atoms with Crippen molar-refractivity contribution in [2.24, 2.45) is 0 Å². The third-order valence-corrected chi connectivity index (χ3v) is 9.80. The summed E-state index contributed by atoms with van der Waals surface area (Å²) < 4.78 is 8.10. The highest BCUT2D eigenvalue weighted by Crippen LogP contribution is 2.60. The first-order chi connectivity index (χ1) is 15.4. The Hall–Kier alpha value is -2.08. The minimum Gasteiger partial charge on any atom is -0.368 e. The van der Waals surface area contributed by atoms with Crippen LogP contribution < -0.4 is 5.73 Å². The number of halogens is 1. The molecule has 33 heavy (non-hydrogen) atoms. The fourth-order valence-electron chi connectivity index (χ4n) is 4.97. The maximum absolute atomic E-state index is 14.5. The zero-order valence-corrected chi connectivity index (χ0v) is 22.3. The van der Waals surface area contributed by atoms with Crippen molar-refractivity contribution in [2.45, 2.75) is 71.7 Å². The van der Waals surface area contributed by atoms with Crippen LogP contribution in [0.15, 0.2) is 18.5 Å². The van der Waals surface area contributed by atoms with Crippen molar-refractivity contribution in [3.05, 3.63) is 45.9 Å². The van der Waals surface area contributed by atoms with Gasteiger partial charge < -0.3 is 15.0 Å². The summed E-state index contributed by atoms with van der Waals surface area (Å²) >= 11 is 6.26. The number of nitrogens with zero attached hydrogens (tertiary/aromatic N) is 4. The molecule has 1 atom stereocenters. The number of fused-ring (bicyclic) bond motifs is 1. The maximum Gasteiger partial charge on any atom is 0.223 e. The third kappa shape index (κ3) is 4.64. The van der Waals surface area contributed by atoms with Gasteiger partial charge in [-0.3, -0.25) is 4.79 Å². The van der Waals surface area contributed by atoms with Crippen LogP contribution in [0.25, 0.3) is 11.2 Å². The molecule has 2 aromatic heterocycles. The van der Waals surface area contributed by atoms with E-state index in [-0.39, 0.29) is 34.7 Å². The van der Waals surface area contributed by atoms with Gasteiger partial charge in [0.1, 0.15) is 5.52 Å². The van der Waals surface area contributed by atoms with Gasteiger partial charge in [0.05, 0.1) is 12.9 Å². The monoisotopic (exact) mass is 489 g/mol. The molecule has 3 rings (SSSR count). The van der Waals surface area contributed by atoms with E-state index in [9.17, 15) is 4.79 Å². The van der Waals surface area contributed by atoms with Gasteiger partial charge in [-0.15, -0.1) is 0 Å². The molecule has 0 bridgehead atoms. The average Bonchev–Trinajstić information content (AvgIpc) is 3.08. The summed E-state index contributed by atoms with van der Waals surface area (Å²) in [5.74, 6) is 0.0484. The zero-order valence-electron chi connectivity index (χ0n) is 20.6. The smallest absolute Gasteiger partial charge is 0.223 e. The van der Waals surface area contributed by atoms with E-state index < -0.39 is 13.3 Å². The molecule has 7 nitrogen and oxygen atoms in total. The summed E-state index contributed by atoms with van der Waals surface area (Å²) in [6, 6.07) is 4.10. The van der Waals surface area contributed by atoms with Gasteiger partial charge in [-0.05, 0) is 43.2 Å². The molecule has 0 aliphatic carbocycles. The molecule has 0 aliphatic heterocycles. The molecular formula is C24H33ClN5O2P. The minimum atomic E-state index is -1.09. The van der Waals surface area contributed by atoms with Gasteiger partial charge in [0.2, 0.25) is 11.7 Å². The van der Waals surface area contributed by atoms with Crippen LogP contribution in [0, 0.1) is 20.8 Å². The second-order valence-corrected chi connectivity index (χ2v) is 13.1. The van der Waals surface area contributed by atoms with Gasteiger partial charge in [0.15, 0.2) is 16.1 Å². The van der Waals surface area contributed by atoms with E-state index in [1.54, 1.807) is 13.4 Å². The number of ether oxygens (including phenoxy) is 1. The highest BCUT2D eigenvalue weighted by molar-refractivity contribution is 7.61. The molecule has 9 heteroatoms. The van der Waals surface area contributed by atoms with Crippen LogP contribution in [0.5, 0.6) is 0 Å². The molecule has 0 fully saturated rings. The number of hydrogen-bond donors (Lipinski definition) is 1. The fourth-order valence-corrected chi connectivity index (χ4v) is 8.92. The molecule has 0 saturated carbocycles. The number of imidazole rings is 1. The van der Waals surface area contributed by atoms with Crippen molar-refractivity contribution in [1.29, 1.82) is 0 Å². The summed E-state index contributed by atoms with van der Waals surface area (Å²) in [5, 5.41) is -0.909. The number of Topliss-reactive ketones (excluding diaryl/α,β-unsaturated/α-hetero) is 1. The number of anilines is 1. The molecule has 2 heterocycles. The molecule has 2 N–H and O–H groups in total. The Morgan fingerprint density at radius 1 is 1.15 bits per heavy atom. The van der Waals surface area contributed by atoms with E-state index in [0.717, 1.165) is 16.7 Å². The van der Waals surface area contributed by atoms with Gasteiger partial charge >= 0.3 is 0 Å². The van der Waals surface area contributed by atoms with Gasteiger partial charge in [-0.2, -0.15) is 9.97 Å². The lowest BCUT2D eigenvalue weighted by molar-refractivity contribution is 0.0377. The first kappa shape index (κ1) is 25.5. The van der Waals surface area contributed by atoms with E-state index in [2.05, 4.69) is 42.6 Å². The number of aryl methyl sites for hydroxylation is 3. The maximum atomic E-state index is 14.5. The van der Waals surface area contributed by atoms with Crippen LogP contribution in [0.3, 0.4) is 0 Å². The number of hydrogen-bond acceptors (Lipinski definition) is 6. The van der Waals surface area contributed by atoms with Crippen LogP contribution in [0.2, 0.25) is 5.15 Å². The van der Waals surface area contributed by atoms with Crippen molar-refractivity contribution in [3.63, 3.8) is 0 Å². The zero-order chi connectivity index (χ0) is 24.7. The Morgan fingerprint density at radius 2 is 1.73 bits per heavy atom. The molecule has 178 valence electrons. The van der Waals surface area contributed by atoms with E-state index >= 15 is 0 Å². The molecule has 1 unspecified atom stereocenters. The Bertz CT molecular complexity index is 1160. The summed E-state index contributed by atoms with van der Waals surface area (Å²) in [6.45, 7) is 14.9. The average molecular weight is 490 g/mol. The number of carbonyl (C=O) groups excluding carboxylic acids is 1. The van der Waals surface area contributed by atoms with E-state index in [4.69, 9.17) is 22.1 Å². The lowest BCUT2D eigenvalue weighted by Crippen LogP contribution is -2.46. The fraction of sp³-hybridized carbons (Fsp3) is 0.500. The van der Waals surface area contributed by atoms with Crippen molar-refractivity contribution in [1.82, 2.24) is 19.5 Å². The normalized spacial score (nSPS) is 13.9. The topological polar surface area (TPSA) is 95.9 Å². The largest absolute Gasteiger partial charge is 0.368 e. The highest BCUT2D eigenvalue weighted by Gasteiger charge is 2.50. The predicted molar refractivity (Wildman–Crippen MR) is 137 cm³/mol. The number of methoxy groups -OCH3 is 1. The van der Waals surface area contributed by atoms with Gasteiger partial charge in [0.25, 0.3) is 0 Å². The first-order valence-electron chi connectivity index (χ1n) is 11.0. The Kier molecular flexibility index (Phi) is 7.47. The Balaban J connectivity index is 2.28. The van der Waals surface area contributed by atoms with Crippen LogP contribution in [0.1, 0.15) is 54.7 Å². The first-order valence-corrected chi connectivity index (χ1v) is 12.9. The molecule has 0 spiro atoms. The second-order valence-electron chi connectivity index (χ2n) is 9.10. The van der Waals surface area contributed by atoms with Crippen LogP contribution in [-0.4, -0.2) is 49.1 Å². The Morgan fingerprint density at radius 3 is 2.24 bits per heavy atom. The van der Waals surface area contributed by atoms with Crippen molar-refractivity contribution in [3.8, 4) is 0 Å². The second kappa shape index (κ2) is 9.65. The van der Waals surface area contributed by atoms with Crippen LogP contribution >= 0.6 is 19.5 Å². The summed E-state index contributed by atoms with van der Waals surface area (Å²) in [4.78, 5) is 27.2. The van der Waals surface area contributed by atoms with E-state index in [1.165, 1.54) is 0 Å². The highest BCUT2D eigenvalue weighted by atomic mass is 35.5. The number of benzene rings is 1. The van der Waals surface area contributed by atoms with Crippen LogP contribution in [0.4, 0.5) is 5.95 Å². The van der Waals surface area contributed by atoms with Crippen LogP contribution in [-0.2, 0) is 11.3 Å². The number of aromatic nitrogens is 4. The molecule has 0 saturated heterocycles. The number of nitrogens with two attached hydrogens (primary N) is 1. The molecule has 3 aromatic rings. The van der Waals surface area contributed by atoms with Crippen molar-refractivity contribution < 1.29 is 9.53 Å². The lowest BCUT2D eigenvalue weighted by Gasteiger charge is -2.44. The SMILES string of the molecule is COC(Cn1cnc2c(Cl)nc(N)nc21)(C(=O)c1c(C)cc(C)cc1C)P(C(C)C)C(C)C. The number of nitrogen functional groups attached to an aromatic ring is 1. The standard InChI is InChI=1S/C24H33ClN5O2P/c1-13(2)33(14(3)4)24(32-8,20(31)18-16(6)9-15(5)10-17(18)7)11-30-12-27-19-21(25)28-23(26)29-22(19)30/h9-10,12-14H,11H2,1-8H3,(H2,26,28,29). The van der Waals surface area contributed by atoms with Crippen molar-refractivity contribution >= 4 is 42.4 Å². The van der Waals surface area contributed by atoms with E-state index in [1.807, 2.05) is 37.5 Å². The minimum absolute atomic E-state index is 0.0107. The third-order valence-electron chi connectivity index (χ3n) is 5.95. The molecule has 1 aromatic carbocycles. The molecular weight excluding hydrogens is 457 g/mol. The molecule has 0 amide bonds. The lowest BCUT2D eigenvalue weighted by atomic mass is 9.93. The predicted octanol–water partition coefficient (Wildman–Crippen LogP) is 5.51. The number of carbonyl (C=O) groups is 1. The van der Waals surface area contributed by atoms with Crippen molar-refractivity contribution in [2.75, 3.05) is 12.8 Å². The van der Waals surface area contributed by atoms with Gasteiger partial charge in [-0.1, -0.05) is 64.9 Å². The van der Waals surface area contributed by atoms with E-state index in [0.29, 0.717) is 16.7 Å². The quantitative estimate of drug-likeness (QED) is 0.254. The number of ketones is 1. The van der Waals surface area contributed by atoms with Gasteiger partial charge in [0, 0.05) is 12.7 Å². The summed E-state index contributed by atoms with van der Waals surface area (Å²) in [7, 11) is 0.706. The summed E-state index contributed by atoms with van der Waals surface area (Å²) in [6.07, 6.45) is 1.63. The Labute approximate surface area is 201 Å². The molecule has 0 aliphatic rings. The van der Waals surface area contributed by atoms with Gasteiger partial charge in [-0.25, -0.2) is 4.98 Å². The number of rotatable bonds is 8.